The van der Waals surface area contributed by atoms with Gasteiger partial charge in [0.2, 0.25) is 11.8 Å². The van der Waals surface area contributed by atoms with E-state index in [-0.39, 0.29) is 30.2 Å². The fourth-order valence-electron chi connectivity index (χ4n) is 11.3. The molecule has 14 heteroatoms. The number of ether oxygens (including phenoxy) is 4. The van der Waals surface area contributed by atoms with Gasteiger partial charge in [-0.05, 0) is 103 Å². The van der Waals surface area contributed by atoms with Crippen molar-refractivity contribution in [1.82, 2.24) is 4.90 Å². The molecule has 14 nitrogen and oxygen atoms in total. The van der Waals surface area contributed by atoms with Crippen molar-refractivity contribution in [1.29, 1.82) is 0 Å². The van der Waals surface area contributed by atoms with Crippen LogP contribution in [-0.4, -0.2) is 97.3 Å². The molecule has 5 aliphatic rings. The van der Waals surface area contributed by atoms with Gasteiger partial charge in [0.1, 0.15) is 35.5 Å². The molecule has 10 rings (SSSR count). The fourth-order valence-corrected chi connectivity index (χ4v) is 11.3. The first-order valence-electron chi connectivity index (χ1n) is 24.1. The van der Waals surface area contributed by atoms with Crippen LogP contribution in [0.25, 0.3) is 0 Å². The topological polar surface area (TPSA) is 167 Å². The fraction of sp³-hybridized carbons (Fsp3) is 0.357. The Balaban J connectivity index is 1.22. The molecule has 0 bridgehead atoms. The highest BCUT2D eigenvalue weighted by Crippen LogP contribution is 2.66. The Morgan fingerprint density at radius 3 is 2.13 bits per heavy atom. The number of morpholine rings is 2. The van der Waals surface area contributed by atoms with Crippen LogP contribution in [0.1, 0.15) is 84.5 Å². The summed E-state index contributed by atoms with van der Waals surface area (Å²) in [4.78, 5) is 67.5. The lowest BCUT2D eigenvalue weighted by molar-refractivity contribution is -0.177. The van der Waals surface area contributed by atoms with E-state index in [4.69, 9.17) is 18.9 Å². The number of benzene rings is 5. The highest BCUT2D eigenvalue weighted by molar-refractivity contribution is 6.24. The number of hydrogen-bond acceptors (Lipinski definition) is 12. The summed E-state index contributed by atoms with van der Waals surface area (Å²) in [6.07, 6.45) is 2.75. The second-order valence-electron chi connectivity index (χ2n) is 18.7. The van der Waals surface area contributed by atoms with Gasteiger partial charge in [-0.1, -0.05) is 97.5 Å². The second-order valence-corrected chi connectivity index (χ2v) is 18.7. The molecule has 4 heterocycles. The molecule has 5 aromatic carbocycles. The summed E-state index contributed by atoms with van der Waals surface area (Å²) < 4.78 is 23.1. The van der Waals surface area contributed by atoms with E-state index in [0.29, 0.717) is 61.5 Å². The van der Waals surface area contributed by atoms with Gasteiger partial charge in [0.25, 0.3) is 0 Å². The largest absolute Gasteiger partial charge is 0.508 e. The number of aromatic hydroxyl groups is 1. The number of phenolic OH excluding ortho intramolecular Hbond substituents is 1. The zero-order valence-electron chi connectivity index (χ0n) is 39.0. The summed E-state index contributed by atoms with van der Waals surface area (Å²) in [7, 11) is 1.47. The number of rotatable bonds is 9. The standard InChI is InChI=1S/C56H56N4O10/c1-67-34-35-69-54(65)59-45-25-16-37(26-29-55(66)27-10-2-3-11-28-55)36-44(45)56(53(59)64)46(51(62)57-41-19-21-42(22-20-41)58-30-32-68-33-31-58)48-52(63)70-49(39-14-8-5-9-15-39)47(38-12-6-4-7-13-38)60(48)50(56)40-17-23-43(61)24-18-40/h4-9,12-25,36,46-50,61,66H,2-3,10-11,27-28,30-35H2,1H3,(H,57,62)/t46-,47-,48-,49+,50+,56-/m1/s1. The van der Waals surface area contributed by atoms with E-state index < -0.39 is 65.0 Å². The first kappa shape index (κ1) is 46.7. The van der Waals surface area contributed by atoms with Crippen LogP contribution in [0.3, 0.4) is 0 Å². The lowest BCUT2D eigenvalue weighted by Gasteiger charge is -2.46. The third kappa shape index (κ3) is 8.57. The maximum Gasteiger partial charge on any atom is 0.421 e. The molecule has 1 saturated carbocycles. The summed E-state index contributed by atoms with van der Waals surface area (Å²) in [6.45, 7) is 2.47. The van der Waals surface area contributed by atoms with E-state index in [2.05, 4.69) is 22.1 Å². The number of nitrogens with zero attached hydrogens (tertiary/aromatic N) is 3. The van der Waals surface area contributed by atoms with Crippen molar-refractivity contribution >= 4 is 40.9 Å². The molecule has 360 valence electrons. The van der Waals surface area contributed by atoms with E-state index in [1.807, 2.05) is 77.7 Å². The molecule has 70 heavy (non-hydrogen) atoms. The first-order valence-corrected chi connectivity index (χ1v) is 24.1. The Bertz CT molecular complexity index is 2780. The van der Waals surface area contributed by atoms with Gasteiger partial charge >= 0.3 is 12.1 Å². The zero-order valence-corrected chi connectivity index (χ0v) is 39.0. The normalized spacial score (nSPS) is 25.0. The van der Waals surface area contributed by atoms with Crippen molar-refractivity contribution in [3.05, 3.63) is 155 Å². The van der Waals surface area contributed by atoms with Crippen LogP contribution in [0.4, 0.5) is 21.9 Å². The van der Waals surface area contributed by atoms with Crippen LogP contribution in [0, 0.1) is 17.8 Å². The van der Waals surface area contributed by atoms with Crippen molar-refractivity contribution in [3.8, 4) is 17.6 Å². The highest BCUT2D eigenvalue weighted by Gasteiger charge is 2.75. The van der Waals surface area contributed by atoms with Gasteiger partial charge < -0.3 is 39.4 Å². The molecule has 6 atom stereocenters. The van der Waals surface area contributed by atoms with Gasteiger partial charge in [0, 0.05) is 37.1 Å². The lowest BCUT2D eigenvalue weighted by Crippen LogP contribution is -2.54. The van der Waals surface area contributed by atoms with Crippen molar-refractivity contribution in [3.63, 3.8) is 0 Å². The van der Waals surface area contributed by atoms with E-state index in [9.17, 15) is 15.0 Å². The number of carbonyl (C=O) groups is 4. The van der Waals surface area contributed by atoms with Gasteiger partial charge in [-0.2, -0.15) is 0 Å². The van der Waals surface area contributed by atoms with Crippen molar-refractivity contribution < 1.29 is 48.3 Å². The smallest absolute Gasteiger partial charge is 0.421 e. The molecule has 0 unspecified atom stereocenters. The number of aliphatic hydroxyl groups is 1. The summed E-state index contributed by atoms with van der Waals surface area (Å²) in [5, 5.41) is 25.6. The average Bonchev–Trinajstić information content (AvgIpc) is 3.72. The van der Waals surface area contributed by atoms with Crippen molar-refractivity contribution in [2.24, 2.45) is 5.92 Å². The Morgan fingerprint density at radius 2 is 1.46 bits per heavy atom. The molecule has 3 N–H and O–H groups in total. The second kappa shape index (κ2) is 19.8. The third-order valence-corrected chi connectivity index (χ3v) is 14.5. The van der Waals surface area contributed by atoms with Crippen molar-refractivity contribution in [2.45, 2.75) is 73.8 Å². The highest BCUT2D eigenvalue weighted by atomic mass is 16.6. The Hall–Kier alpha value is -7.02. The summed E-state index contributed by atoms with van der Waals surface area (Å²) in [6, 6.07) is 34.2. The van der Waals surface area contributed by atoms with Gasteiger partial charge in [-0.25, -0.2) is 9.69 Å². The number of amides is 3. The number of cyclic esters (lactones) is 1. The zero-order chi connectivity index (χ0) is 48.4. The molecular formula is C56H56N4O10. The Labute approximate surface area is 407 Å². The number of carbonyl (C=O) groups excluding carboxylic acids is 4. The minimum atomic E-state index is -2.08. The predicted molar refractivity (Wildman–Crippen MR) is 261 cm³/mol. The van der Waals surface area contributed by atoms with Crippen LogP contribution in [0.5, 0.6) is 5.75 Å². The molecule has 3 saturated heterocycles. The molecule has 0 radical (unpaired) electrons. The molecule has 1 aliphatic carbocycles. The van der Waals surface area contributed by atoms with Gasteiger partial charge in [0.05, 0.1) is 43.5 Å². The number of phenols is 1. The number of esters is 1. The van der Waals surface area contributed by atoms with Crippen molar-refractivity contribution in [2.75, 3.05) is 61.7 Å². The maximum absolute atomic E-state index is 16.4. The molecule has 5 aromatic rings. The van der Waals surface area contributed by atoms with E-state index >= 15 is 14.4 Å². The lowest BCUT2D eigenvalue weighted by atomic mass is 9.65. The van der Waals surface area contributed by atoms with Crippen LogP contribution in [0.15, 0.2) is 127 Å². The minimum Gasteiger partial charge on any atom is -0.508 e. The summed E-state index contributed by atoms with van der Waals surface area (Å²) in [5.74, 6) is 2.54. The molecular weight excluding hydrogens is 889 g/mol. The van der Waals surface area contributed by atoms with Crippen LogP contribution in [-0.2, 0) is 38.7 Å². The number of anilines is 3. The number of fused-ring (bicyclic) bond motifs is 3. The minimum absolute atomic E-state index is 0.0440. The van der Waals surface area contributed by atoms with Crippen LogP contribution in [0.2, 0.25) is 0 Å². The molecule has 1 spiro atoms. The van der Waals surface area contributed by atoms with Crippen LogP contribution < -0.4 is 15.1 Å². The number of hydrogen-bond donors (Lipinski definition) is 3. The predicted octanol–water partition coefficient (Wildman–Crippen LogP) is 7.75. The number of nitrogens with one attached hydrogen (secondary N) is 1. The van der Waals surface area contributed by atoms with Crippen LogP contribution >= 0.6 is 0 Å². The molecule has 3 amide bonds. The third-order valence-electron chi connectivity index (χ3n) is 14.5. The SMILES string of the molecule is COCCOC(=O)N1C(=O)[C@@]2(c3cc(C#CC4(O)CCCCCC4)ccc31)[C@H](c1ccc(O)cc1)N1[C@H](c3ccccc3)[C@H](c3ccccc3)OC(=O)[C@H]1[C@@H]2C(=O)Nc1ccc(N2CCOCC2)cc1. The molecule has 4 fully saturated rings. The first-order chi connectivity index (χ1) is 34.1. The van der Waals surface area contributed by atoms with Gasteiger partial charge in [-0.3, -0.25) is 19.3 Å². The van der Waals surface area contributed by atoms with Gasteiger partial charge in [0.15, 0.2) is 0 Å². The van der Waals surface area contributed by atoms with E-state index in [1.54, 1.807) is 42.5 Å². The quantitative estimate of drug-likeness (QED) is 0.0570. The van der Waals surface area contributed by atoms with E-state index in [1.165, 1.54) is 19.2 Å². The summed E-state index contributed by atoms with van der Waals surface area (Å²) >= 11 is 0. The molecule has 4 aliphatic heterocycles. The van der Waals surface area contributed by atoms with E-state index in [0.717, 1.165) is 41.8 Å². The maximum atomic E-state index is 16.4. The Kier molecular flexibility index (Phi) is 13.2. The number of imide groups is 1. The number of methoxy groups -OCH3 is 1. The average molecular weight is 945 g/mol. The monoisotopic (exact) mass is 944 g/mol. The Morgan fingerprint density at radius 1 is 0.786 bits per heavy atom. The summed E-state index contributed by atoms with van der Waals surface area (Å²) in [5.41, 5.74) is 0.777. The molecule has 0 aromatic heterocycles. The van der Waals surface area contributed by atoms with Gasteiger partial charge in [-0.15, -0.1) is 0 Å².